The first kappa shape index (κ1) is 40.3. The predicted molar refractivity (Wildman–Crippen MR) is 175 cm³/mol. The van der Waals surface area contributed by atoms with Gasteiger partial charge in [-0.2, -0.15) is 0 Å². The molecule has 1 aliphatic rings. The average molecular weight is 758 g/mol. The van der Waals surface area contributed by atoms with E-state index < -0.39 is 94.8 Å². The van der Waals surface area contributed by atoms with Crippen molar-refractivity contribution in [3.63, 3.8) is 0 Å². The zero-order valence-electron chi connectivity index (χ0n) is 27.6. The molecule has 17 heteroatoms. The largest absolute Gasteiger partial charge is 1.00 e. The van der Waals surface area contributed by atoms with Crippen molar-refractivity contribution < 1.29 is 131 Å². The van der Waals surface area contributed by atoms with Gasteiger partial charge in [-0.15, -0.1) is 0 Å². The second kappa shape index (κ2) is 16.9. The molecule has 4 aromatic carbocycles. The summed E-state index contributed by atoms with van der Waals surface area (Å²) in [6, 6.07) is 13.0. The van der Waals surface area contributed by atoms with E-state index in [9.17, 15) is 65.1 Å². The van der Waals surface area contributed by atoms with Gasteiger partial charge >= 0.3 is 75.3 Å². The maximum atomic E-state index is 13.9. The molecule has 270 valence electrons. The van der Waals surface area contributed by atoms with Gasteiger partial charge in [0.1, 0.15) is 12.0 Å². The third kappa shape index (κ3) is 9.32. The number of phenolic OH excluding ortho intramolecular Hbond substituents is 7. The number of aromatic hydroxyl groups is 7. The molecule has 0 aliphatic carbocycles. The third-order valence-electron chi connectivity index (χ3n) is 8.04. The SMILES string of the molecule is O=C(/C=C/c1ccc(O)c2c1[C@@H](C(=O)O[C@H](Cc1ccc(O)c(O)c1)C(=O)O)[C@H](c1ccc(O)c(O)c1)O2)O[C@H](Cc1ccc(O)c(O)c1)C(=O)O.[K+]. The zero-order valence-corrected chi connectivity index (χ0v) is 30.7. The number of phenols is 7. The van der Waals surface area contributed by atoms with Crippen LogP contribution in [0.4, 0.5) is 0 Å². The molecular weight excluding hydrogens is 727 g/mol. The molecule has 1 aliphatic heterocycles. The van der Waals surface area contributed by atoms with Crippen LogP contribution in [0.1, 0.15) is 39.8 Å². The Kier molecular flexibility index (Phi) is 12.9. The van der Waals surface area contributed by atoms with Gasteiger partial charge < -0.3 is 60.2 Å². The van der Waals surface area contributed by atoms with E-state index in [1.165, 1.54) is 24.3 Å². The summed E-state index contributed by atoms with van der Waals surface area (Å²) in [7, 11) is 0. The van der Waals surface area contributed by atoms with E-state index in [1.807, 2.05) is 0 Å². The third-order valence-corrected chi connectivity index (χ3v) is 8.04. The fourth-order valence-electron chi connectivity index (χ4n) is 5.49. The first-order valence-electron chi connectivity index (χ1n) is 15.2. The van der Waals surface area contributed by atoms with Gasteiger partial charge in [-0.1, -0.05) is 24.3 Å². The van der Waals surface area contributed by atoms with Crippen LogP contribution in [0.2, 0.25) is 0 Å². The molecule has 0 aromatic heterocycles. The fourth-order valence-corrected chi connectivity index (χ4v) is 5.49. The molecule has 0 radical (unpaired) electrons. The van der Waals surface area contributed by atoms with Crippen molar-refractivity contribution in [1.82, 2.24) is 0 Å². The quantitative estimate of drug-likeness (QED) is 0.0408. The van der Waals surface area contributed by atoms with Gasteiger partial charge in [0.15, 0.2) is 46.0 Å². The van der Waals surface area contributed by atoms with Crippen molar-refractivity contribution in [2.24, 2.45) is 0 Å². The molecule has 0 unspecified atom stereocenters. The Balaban J connectivity index is 0.00000627. The van der Waals surface area contributed by atoms with Gasteiger partial charge in [-0.05, 0) is 70.8 Å². The van der Waals surface area contributed by atoms with Crippen LogP contribution >= 0.6 is 0 Å². The number of ether oxygens (including phenoxy) is 3. The number of rotatable bonds is 12. The Morgan fingerprint density at radius 3 is 1.64 bits per heavy atom. The van der Waals surface area contributed by atoms with E-state index in [4.69, 9.17) is 14.2 Å². The van der Waals surface area contributed by atoms with Gasteiger partial charge in [0.05, 0.1) is 0 Å². The molecule has 9 N–H and O–H groups in total. The molecule has 16 nitrogen and oxygen atoms in total. The van der Waals surface area contributed by atoms with Crippen molar-refractivity contribution in [2.75, 3.05) is 0 Å². The number of carboxylic acid groups (broad SMARTS) is 2. The van der Waals surface area contributed by atoms with Crippen LogP contribution in [0.3, 0.4) is 0 Å². The maximum Gasteiger partial charge on any atom is 1.00 e. The van der Waals surface area contributed by atoms with Crippen molar-refractivity contribution in [3.8, 4) is 46.0 Å². The molecule has 53 heavy (non-hydrogen) atoms. The minimum Gasteiger partial charge on any atom is -0.504 e. The number of esters is 2. The first-order chi connectivity index (χ1) is 24.6. The first-order valence-corrected chi connectivity index (χ1v) is 15.2. The fraction of sp³-hybridized carbons (Fsp3) is 0.167. The standard InChI is InChI=1S/C36H30O16.K/c37-20-6-1-16(11-24(20)41)13-27(34(45)46)50-29(44)10-5-18-3-9-23(40)33-30(18)31(32(52-33)19-4-8-22(39)26(43)15-19)36(49)51-28(35(47)48)14-17-2-7-21(38)25(42)12-17;/h1-12,15,27-28,31-32,37-43H,13-14H2,(H,45,46)(H,47,48);/q;+1/b10-5+;/t27-,28-,31-,32+;/m1./s1. The van der Waals surface area contributed by atoms with E-state index >= 15 is 0 Å². The summed E-state index contributed by atoms with van der Waals surface area (Å²) in [6.07, 6.45) is -3.85. The molecule has 0 fully saturated rings. The maximum absolute atomic E-state index is 13.9. The molecule has 5 rings (SSSR count). The van der Waals surface area contributed by atoms with Crippen LogP contribution in [0.15, 0.2) is 72.8 Å². The van der Waals surface area contributed by atoms with Crippen LogP contribution < -0.4 is 56.1 Å². The van der Waals surface area contributed by atoms with Gasteiger partial charge in [0.2, 0.25) is 12.2 Å². The number of aliphatic carboxylic acids is 2. The van der Waals surface area contributed by atoms with Crippen LogP contribution in [0, 0.1) is 0 Å². The predicted octanol–water partition coefficient (Wildman–Crippen LogP) is 0.338. The molecule has 0 spiro atoms. The van der Waals surface area contributed by atoms with Crippen LogP contribution in [0.5, 0.6) is 46.0 Å². The van der Waals surface area contributed by atoms with Gasteiger partial charge in [-0.3, -0.25) is 4.79 Å². The Hall–Kier alpha value is -5.46. The normalized spacial score (nSPS) is 15.7. The summed E-state index contributed by atoms with van der Waals surface area (Å²) in [5, 5.41) is 89.1. The van der Waals surface area contributed by atoms with Crippen molar-refractivity contribution in [2.45, 2.75) is 37.1 Å². The van der Waals surface area contributed by atoms with Crippen LogP contribution in [-0.4, -0.2) is 82.0 Å². The molecule has 0 saturated heterocycles. The van der Waals surface area contributed by atoms with E-state index in [-0.39, 0.29) is 91.4 Å². The molecule has 0 amide bonds. The smallest absolute Gasteiger partial charge is 0.504 e. The van der Waals surface area contributed by atoms with Crippen molar-refractivity contribution >= 4 is 30.0 Å². The van der Waals surface area contributed by atoms with Crippen molar-refractivity contribution in [3.05, 3.63) is 101 Å². The van der Waals surface area contributed by atoms with Crippen LogP contribution in [-0.2, 0) is 41.5 Å². The minimum absolute atomic E-state index is 0. The average Bonchev–Trinajstić information content (AvgIpc) is 3.50. The molecule has 4 atom stereocenters. The Morgan fingerprint density at radius 2 is 1.13 bits per heavy atom. The second-order valence-corrected chi connectivity index (χ2v) is 11.6. The number of carbonyl (C=O) groups is 4. The number of hydrogen-bond acceptors (Lipinski definition) is 14. The Labute approximate surface area is 341 Å². The number of carbonyl (C=O) groups excluding carboxylic acids is 2. The van der Waals surface area contributed by atoms with Gasteiger partial charge in [0.25, 0.3) is 0 Å². The van der Waals surface area contributed by atoms with E-state index in [0.717, 1.165) is 54.6 Å². The molecule has 0 bridgehead atoms. The van der Waals surface area contributed by atoms with E-state index in [2.05, 4.69) is 0 Å². The van der Waals surface area contributed by atoms with E-state index in [0.29, 0.717) is 0 Å². The number of hydrogen-bond donors (Lipinski definition) is 9. The van der Waals surface area contributed by atoms with Crippen molar-refractivity contribution in [1.29, 1.82) is 0 Å². The van der Waals surface area contributed by atoms with Gasteiger partial charge in [-0.25, -0.2) is 14.4 Å². The molecule has 4 aromatic rings. The Morgan fingerprint density at radius 1 is 0.642 bits per heavy atom. The Bertz CT molecular complexity index is 2090. The van der Waals surface area contributed by atoms with E-state index in [1.54, 1.807) is 0 Å². The summed E-state index contributed by atoms with van der Waals surface area (Å²) >= 11 is 0. The number of carboxylic acids is 2. The van der Waals surface area contributed by atoms with Crippen LogP contribution in [0.25, 0.3) is 6.08 Å². The summed E-state index contributed by atoms with van der Waals surface area (Å²) in [5.41, 5.74) is 0.445. The number of fused-ring (bicyclic) bond motifs is 1. The minimum atomic E-state index is -1.84. The molecule has 1 heterocycles. The second-order valence-electron chi connectivity index (χ2n) is 11.6. The molecular formula is C36H30KO16+. The summed E-state index contributed by atoms with van der Waals surface area (Å²) in [5.74, 6) is -10.8. The topological polar surface area (TPSA) is 278 Å². The van der Waals surface area contributed by atoms with Gasteiger partial charge in [0, 0.05) is 24.5 Å². The monoisotopic (exact) mass is 757 g/mol. The molecule has 0 saturated carbocycles. The number of benzene rings is 4. The zero-order chi connectivity index (χ0) is 37.9. The summed E-state index contributed by atoms with van der Waals surface area (Å²) < 4.78 is 16.5. The summed E-state index contributed by atoms with van der Waals surface area (Å²) in [4.78, 5) is 50.9. The summed E-state index contributed by atoms with van der Waals surface area (Å²) in [6.45, 7) is 0.